The van der Waals surface area contributed by atoms with Crippen molar-refractivity contribution < 1.29 is 9.50 Å². The van der Waals surface area contributed by atoms with Crippen molar-refractivity contribution in [1.29, 1.82) is 0 Å². The second-order valence-electron chi connectivity index (χ2n) is 3.18. The molecule has 2 aromatic rings. The highest BCUT2D eigenvalue weighted by Crippen LogP contribution is 2.27. The van der Waals surface area contributed by atoms with Crippen LogP contribution >= 0.6 is 38.5 Å². The molecular formula is C10H5BrFIN2O2. The van der Waals surface area contributed by atoms with Gasteiger partial charge in [-0.3, -0.25) is 4.79 Å². The smallest absolute Gasteiger partial charge is 0.268 e. The molecule has 0 fully saturated rings. The molecule has 88 valence electrons. The summed E-state index contributed by atoms with van der Waals surface area (Å²) in [5.74, 6) is -0.719. The Balaban J connectivity index is 2.69. The standard InChI is InChI=1S/C10H5BrFIN2O2/c11-6-2-1-4(12)3-5(6)8-14-9(16)7(13)10(17)15-8/h1-3H,(H2,14,15,16,17). The van der Waals surface area contributed by atoms with Gasteiger partial charge in [-0.1, -0.05) is 15.9 Å². The second-order valence-corrected chi connectivity index (χ2v) is 5.11. The Morgan fingerprint density at radius 1 is 1.47 bits per heavy atom. The number of aromatic amines is 1. The molecule has 7 heteroatoms. The van der Waals surface area contributed by atoms with Gasteiger partial charge < -0.3 is 10.1 Å². The van der Waals surface area contributed by atoms with Crippen LogP contribution in [0.2, 0.25) is 0 Å². The summed E-state index contributed by atoms with van der Waals surface area (Å²) in [5, 5.41) is 9.45. The molecule has 0 aliphatic rings. The van der Waals surface area contributed by atoms with Crippen LogP contribution in [0.5, 0.6) is 5.88 Å². The first-order valence-corrected chi connectivity index (χ1v) is 6.30. The molecule has 0 amide bonds. The first-order valence-electron chi connectivity index (χ1n) is 4.43. The van der Waals surface area contributed by atoms with Crippen LogP contribution in [-0.4, -0.2) is 15.1 Å². The van der Waals surface area contributed by atoms with E-state index in [-0.39, 0.29) is 15.3 Å². The quantitative estimate of drug-likeness (QED) is 0.710. The number of halogens is 3. The van der Waals surface area contributed by atoms with Gasteiger partial charge >= 0.3 is 0 Å². The fraction of sp³-hybridized carbons (Fsp3) is 0. The van der Waals surface area contributed by atoms with Crippen molar-refractivity contribution in [1.82, 2.24) is 9.97 Å². The van der Waals surface area contributed by atoms with Crippen molar-refractivity contribution in [2.45, 2.75) is 0 Å². The maximum Gasteiger partial charge on any atom is 0.268 e. The molecule has 0 spiro atoms. The molecule has 0 saturated heterocycles. The zero-order valence-electron chi connectivity index (χ0n) is 8.17. The fourth-order valence-electron chi connectivity index (χ4n) is 1.25. The predicted molar refractivity (Wildman–Crippen MR) is 72.3 cm³/mol. The summed E-state index contributed by atoms with van der Waals surface area (Å²) in [7, 11) is 0. The first kappa shape index (κ1) is 12.5. The van der Waals surface area contributed by atoms with E-state index >= 15 is 0 Å². The van der Waals surface area contributed by atoms with Crippen molar-refractivity contribution in [2.75, 3.05) is 0 Å². The number of nitrogens with one attached hydrogen (secondary N) is 1. The molecule has 1 aromatic carbocycles. The summed E-state index contributed by atoms with van der Waals surface area (Å²) < 4.78 is 13.8. The summed E-state index contributed by atoms with van der Waals surface area (Å²) >= 11 is 4.90. The molecule has 2 rings (SSSR count). The van der Waals surface area contributed by atoms with E-state index in [1.54, 1.807) is 22.6 Å². The van der Waals surface area contributed by atoms with Gasteiger partial charge in [-0.05, 0) is 40.8 Å². The van der Waals surface area contributed by atoms with Gasteiger partial charge in [0.25, 0.3) is 5.56 Å². The molecule has 0 aliphatic heterocycles. The maximum atomic E-state index is 13.1. The zero-order valence-corrected chi connectivity index (χ0v) is 11.9. The molecule has 0 aliphatic carbocycles. The summed E-state index contributed by atoms with van der Waals surface area (Å²) in [4.78, 5) is 17.7. The molecule has 0 unspecified atom stereocenters. The number of nitrogens with zero attached hydrogens (tertiary/aromatic N) is 1. The summed E-state index contributed by atoms with van der Waals surface area (Å²) in [6.07, 6.45) is 0. The molecule has 1 aromatic heterocycles. The molecule has 0 saturated carbocycles. The normalized spacial score (nSPS) is 10.5. The molecule has 4 nitrogen and oxygen atoms in total. The van der Waals surface area contributed by atoms with Gasteiger partial charge in [0.15, 0.2) is 0 Å². The second kappa shape index (κ2) is 4.73. The number of rotatable bonds is 1. The minimum Gasteiger partial charge on any atom is -0.492 e. The Labute approximate surface area is 117 Å². The van der Waals surface area contributed by atoms with Crippen LogP contribution in [0.1, 0.15) is 0 Å². The van der Waals surface area contributed by atoms with E-state index in [0.29, 0.717) is 10.0 Å². The van der Waals surface area contributed by atoms with Gasteiger partial charge in [0.05, 0.1) is 0 Å². The topological polar surface area (TPSA) is 66.0 Å². The van der Waals surface area contributed by atoms with Gasteiger partial charge in [-0.25, -0.2) is 4.39 Å². The van der Waals surface area contributed by atoms with E-state index < -0.39 is 11.4 Å². The van der Waals surface area contributed by atoms with Crippen LogP contribution in [0, 0.1) is 9.39 Å². The van der Waals surface area contributed by atoms with E-state index in [1.807, 2.05) is 0 Å². The molecular weight excluding hydrogens is 406 g/mol. The minimum absolute atomic E-state index is 0.0962. The Bertz CT molecular complexity index is 645. The highest BCUT2D eigenvalue weighted by Gasteiger charge is 2.12. The summed E-state index contributed by atoms with van der Waals surface area (Å²) in [5.41, 5.74) is -0.0990. The number of aromatic nitrogens is 2. The number of aromatic hydroxyl groups is 1. The van der Waals surface area contributed by atoms with E-state index in [0.717, 1.165) is 0 Å². The predicted octanol–water partition coefficient (Wildman–Crippen LogP) is 2.65. The third-order valence-corrected chi connectivity index (χ3v) is 3.69. The largest absolute Gasteiger partial charge is 0.492 e. The summed E-state index contributed by atoms with van der Waals surface area (Å²) in [6, 6.07) is 3.99. The van der Waals surface area contributed by atoms with Gasteiger partial charge in [-0.2, -0.15) is 4.98 Å². The van der Waals surface area contributed by atoms with E-state index in [4.69, 9.17) is 0 Å². The lowest BCUT2D eigenvalue weighted by molar-refractivity contribution is 0.447. The van der Waals surface area contributed by atoms with Crippen molar-refractivity contribution in [3.05, 3.63) is 42.4 Å². The monoisotopic (exact) mass is 410 g/mol. The number of hydrogen-bond acceptors (Lipinski definition) is 3. The van der Waals surface area contributed by atoms with Crippen LogP contribution in [-0.2, 0) is 0 Å². The Morgan fingerprint density at radius 3 is 2.82 bits per heavy atom. The first-order chi connectivity index (χ1) is 7.99. The van der Waals surface area contributed by atoms with Gasteiger partial charge in [0.1, 0.15) is 15.2 Å². The zero-order chi connectivity index (χ0) is 12.6. The van der Waals surface area contributed by atoms with Crippen LogP contribution in [0.15, 0.2) is 27.5 Å². The van der Waals surface area contributed by atoms with E-state index in [9.17, 15) is 14.3 Å². The average Bonchev–Trinajstić information content (AvgIpc) is 2.28. The third-order valence-electron chi connectivity index (χ3n) is 2.03. The van der Waals surface area contributed by atoms with Gasteiger partial charge in [0.2, 0.25) is 5.88 Å². The fourth-order valence-corrected chi connectivity index (χ4v) is 1.94. The van der Waals surface area contributed by atoms with Crippen LogP contribution in [0.3, 0.4) is 0 Å². The molecule has 0 bridgehead atoms. The van der Waals surface area contributed by atoms with Crippen LogP contribution < -0.4 is 5.56 Å². The van der Waals surface area contributed by atoms with Crippen LogP contribution in [0.4, 0.5) is 4.39 Å². The highest BCUT2D eigenvalue weighted by atomic mass is 127. The molecule has 2 N–H and O–H groups in total. The highest BCUT2D eigenvalue weighted by molar-refractivity contribution is 14.1. The lowest BCUT2D eigenvalue weighted by Gasteiger charge is -2.05. The third kappa shape index (κ3) is 2.49. The average molecular weight is 411 g/mol. The van der Waals surface area contributed by atoms with Crippen molar-refractivity contribution in [3.8, 4) is 17.3 Å². The minimum atomic E-state index is -0.468. The van der Waals surface area contributed by atoms with E-state index in [2.05, 4.69) is 25.9 Å². The lowest BCUT2D eigenvalue weighted by Crippen LogP contribution is -2.12. The Hall–Kier alpha value is -0.960. The lowest BCUT2D eigenvalue weighted by atomic mass is 10.2. The molecule has 0 atom stereocenters. The van der Waals surface area contributed by atoms with E-state index in [1.165, 1.54) is 18.2 Å². The van der Waals surface area contributed by atoms with Crippen molar-refractivity contribution in [2.24, 2.45) is 0 Å². The Kier molecular flexibility index (Phi) is 3.48. The molecule has 0 radical (unpaired) electrons. The number of benzene rings is 1. The van der Waals surface area contributed by atoms with Gasteiger partial charge in [-0.15, -0.1) is 0 Å². The summed E-state index contributed by atoms with van der Waals surface area (Å²) in [6.45, 7) is 0. The number of hydrogen-bond donors (Lipinski definition) is 2. The number of H-pyrrole nitrogens is 1. The maximum absolute atomic E-state index is 13.1. The Morgan fingerprint density at radius 2 is 2.18 bits per heavy atom. The SMILES string of the molecule is O=c1[nH]c(-c2cc(F)ccc2Br)nc(O)c1I. The molecule has 17 heavy (non-hydrogen) atoms. The van der Waals surface area contributed by atoms with Crippen molar-refractivity contribution >= 4 is 38.5 Å². The van der Waals surface area contributed by atoms with Gasteiger partial charge in [0, 0.05) is 10.0 Å². The van der Waals surface area contributed by atoms with Crippen LogP contribution in [0.25, 0.3) is 11.4 Å². The van der Waals surface area contributed by atoms with Crippen molar-refractivity contribution in [3.63, 3.8) is 0 Å². The molecule has 1 heterocycles.